The van der Waals surface area contributed by atoms with E-state index in [9.17, 15) is 8.42 Å². The third-order valence-corrected chi connectivity index (χ3v) is 7.23. The first-order chi connectivity index (χ1) is 12.2. The molecule has 1 spiro atoms. The molecule has 0 bridgehead atoms. The zero-order valence-corrected chi connectivity index (χ0v) is 17.2. The van der Waals surface area contributed by atoms with Gasteiger partial charge in [0.05, 0.1) is 5.75 Å². The lowest BCUT2D eigenvalue weighted by Gasteiger charge is -2.11. The molecule has 5 heteroatoms. The highest BCUT2D eigenvalue weighted by Gasteiger charge is 2.48. The molecule has 1 saturated carbocycles. The summed E-state index contributed by atoms with van der Waals surface area (Å²) < 4.78 is 23.7. The Balaban J connectivity index is 1.72. The van der Waals surface area contributed by atoms with Gasteiger partial charge in [0.2, 0.25) is 10.0 Å². The van der Waals surface area contributed by atoms with Gasteiger partial charge in [0.25, 0.3) is 0 Å². The summed E-state index contributed by atoms with van der Waals surface area (Å²) in [6.07, 6.45) is 4.87. The molecular weight excluding hydrogens is 410 g/mol. The zero-order chi connectivity index (χ0) is 18.5. The van der Waals surface area contributed by atoms with Crippen LogP contribution >= 0.6 is 15.9 Å². The molecule has 4 rings (SSSR count). The van der Waals surface area contributed by atoms with E-state index in [4.69, 9.17) is 5.14 Å². The Hall–Kier alpha value is -1.43. The van der Waals surface area contributed by atoms with Crippen LogP contribution < -0.4 is 5.14 Å². The van der Waals surface area contributed by atoms with Crippen molar-refractivity contribution < 1.29 is 8.42 Å². The first-order valence-corrected chi connectivity index (χ1v) is 11.3. The molecule has 0 unspecified atom stereocenters. The fourth-order valence-electron chi connectivity index (χ4n) is 3.98. The van der Waals surface area contributed by atoms with Gasteiger partial charge in [0.15, 0.2) is 0 Å². The number of sulfonamides is 1. The van der Waals surface area contributed by atoms with E-state index in [1.807, 2.05) is 24.3 Å². The Morgan fingerprint density at radius 3 is 2.12 bits per heavy atom. The Kier molecular flexibility index (Phi) is 4.37. The second-order valence-electron chi connectivity index (χ2n) is 7.78. The van der Waals surface area contributed by atoms with Crippen LogP contribution in [0.3, 0.4) is 0 Å². The lowest BCUT2D eigenvalue weighted by molar-refractivity contribution is 0.568. The van der Waals surface area contributed by atoms with Gasteiger partial charge >= 0.3 is 0 Å². The largest absolute Gasteiger partial charge is 0.228 e. The highest BCUT2D eigenvalue weighted by atomic mass is 79.9. The number of hydrogen-bond donors (Lipinski definition) is 1. The molecule has 0 aliphatic heterocycles. The van der Waals surface area contributed by atoms with Crippen LogP contribution in [0, 0.1) is 12.3 Å². The normalized spacial score (nSPS) is 18.6. The van der Waals surface area contributed by atoms with E-state index in [-0.39, 0.29) is 5.75 Å². The van der Waals surface area contributed by atoms with Crippen molar-refractivity contribution in [3.8, 4) is 0 Å². The standard InChI is InChI=1S/C21H22BrNO2S/c1-14-10-17(6-7-20(14)22)19-12-21(8-9-21)11-18(19)16-4-2-15(3-5-16)13-26(23,24)25/h2-7,10H,8-9,11-13H2,1H3,(H2,23,24,25). The van der Waals surface area contributed by atoms with Crippen molar-refractivity contribution in [2.24, 2.45) is 10.6 Å². The quantitative estimate of drug-likeness (QED) is 0.737. The molecule has 0 radical (unpaired) electrons. The average molecular weight is 432 g/mol. The van der Waals surface area contributed by atoms with E-state index in [1.54, 1.807) is 0 Å². The number of primary sulfonamides is 1. The molecule has 0 atom stereocenters. The van der Waals surface area contributed by atoms with Gasteiger partial charge in [-0.3, -0.25) is 0 Å². The summed E-state index contributed by atoms with van der Waals surface area (Å²) in [7, 11) is -3.50. The Morgan fingerprint density at radius 2 is 1.58 bits per heavy atom. The maximum absolute atomic E-state index is 11.3. The molecule has 136 valence electrons. The first kappa shape index (κ1) is 18.0. The van der Waals surface area contributed by atoms with Crippen molar-refractivity contribution in [3.63, 3.8) is 0 Å². The van der Waals surface area contributed by atoms with Crippen LogP contribution in [-0.4, -0.2) is 8.42 Å². The third kappa shape index (κ3) is 3.66. The molecular formula is C21H22BrNO2S. The summed E-state index contributed by atoms with van der Waals surface area (Å²) in [4.78, 5) is 0. The van der Waals surface area contributed by atoms with E-state index in [0.29, 0.717) is 5.41 Å². The monoisotopic (exact) mass is 431 g/mol. The summed E-state index contributed by atoms with van der Waals surface area (Å²) in [6, 6.07) is 14.4. The molecule has 1 fully saturated rings. The number of hydrogen-bond acceptors (Lipinski definition) is 2. The molecule has 0 saturated heterocycles. The molecule has 2 aliphatic carbocycles. The van der Waals surface area contributed by atoms with Gasteiger partial charge in [-0.1, -0.05) is 52.3 Å². The van der Waals surface area contributed by atoms with Crippen molar-refractivity contribution in [1.82, 2.24) is 0 Å². The van der Waals surface area contributed by atoms with Crippen LogP contribution in [0.25, 0.3) is 11.1 Å². The van der Waals surface area contributed by atoms with Crippen LogP contribution in [0.2, 0.25) is 0 Å². The summed E-state index contributed by atoms with van der Waals surface area (Å²) in [6.45, 7) is 2.12. The van der Waals surface area contributed by atoms with Crippen molar-refractivity contribution in [3.05, 3.63) is 69.2 Å². The fourth-order valence-corrected chi connectivity index (χ4v) is 4.88. The maximum atomic E-state index is 11.3. The summed E-state index contributed by atoms with van der Waals surface area (Å²) in [5.41, 5.74) is 7.79. The van der Waals surface area contributed by atoms with Gasteiger partial charge in [0, 0.05) is 4.47 Å². The van der Waals surface area contributed by atoms with E-state index in [0.717, 1.165) is 22.9 Å². The topological polar surface area (TPSA) is 60.2 Å². The zero-order valence-electron chi connectivity index (χ0n) is 14.8. The molecule has 0 heterocycles. The van der Waals surface area contributed by atoms with Crippen molar-refractivity contribution in [1.29, 1.82) is 0 Å². The molecule has 26 heavy (non-hydrogen) atoms. The number of benzene rings is 2. The number of aryl methyl sites for hydroxylation is 1. The van der Waals surface area contributed by atoms with Gasteiger partial charge in [-0.2, -0.15) is 0 Å². The second-order valence-corrected chi connectivity index (χ2v) is 10.2. The lowest BCUT2D eigenvalue weighted by Crippen LogP contribution is -2.14. The summed E-state index contributed by atoms with van der Waals surface area (Å²) >= 11 is 3.59. The van der Waals surface area contributed by atoms with Gasteiger partial charge in [0.1, 0.15) is 0 Å². The Labute approximate surface area is 163 Å². The molecule has 2 aromatic carbocycles. The third-order valence-electron chi connectivity index (χ3n) is 5.60. The Bertz CT molecular complexity index is 1000. The second kappa shape index (κ2) is 6.32. The molecule has 2 N–H and O–H groups in total. The fraction of sp³-hybridized carbons (Fsp3) is 0.333. The van der Waals surface area contributed by atoms with Crippen molar-refractivity contribution >= 4 is 37.1 Å². The van der Waals surface area contributed by atoms with Crippen LogP contribution in [0.4, 0.5) is 0 Å². The number of nitrogens with two attached hydrogens (primary N) is 1. The highest BCUT2D eigenvalue weighted by molar-refractivity contribution is 9.10. The predicted molar refractivity (Wildman–Crippen MR) is 110 cm³/mol. The maximum Gasteiger partial charge on any atom is 0.213 e. The van der Waals surface area contributed by atoms with Crippen molar-refractivity contribution in [2.75, 3.05) is 0 Å². The van der Waals surface area contributed by atoms with E-state index < -0.39 is 10.0 Å². The van der Waals surface area contributed by atoms with Gasteiger partial charge < -0.3 is 0 Å². The van der Waals surface area contributed by atoms with E-state index in [2.05, 4.69) is 41.1 Å². The lowest BCUT2D eigenvalue weighted by atomic mass is 9.96. The number of allylic oxidation sites excluding steroid dienone is 2. The minimum absolute atomic E-state index is 0.116. The van der Waals surface area contributed by atoms with Crippen LogP contribution in [0.1, 0.15) is 47.9 Å². The first-order valence-electron chi connectivity index (χ1n) is 8.83. The minimum Gasteiger partial charge on any atom is -0.228 e. The number of rotatable bonds is 4. The molecule has 0 amide bonds. The average Bonchev–Trinajstić information content (AvgIpc) is 3.21. The van der Waals surface area contributed by atoms with Crippen LogP contribution in [-0.2, 0) is 15.8 Å². The molecule has 0 aromatic heterocycles. The minimum atomic E-state index is -3.50. The van der Waals surface area contributed by atoms with E-state index >= 15 is 0 Å². The molecule has 2 aliphatic rings. The Morgan fingerprint density at radius 1 is 1.00 bits per heavy atom. The number of halogens is 1. The van der Waals surface area contributed by atoms with Gasteiger partial charge in [-0.25, -0.2) is 13.6 Å². The van der Waals surface area contributed by atoms with Gasteiger partial charge in [-0.05, 0) is 77.5 Å². The molecule has 2 aromatic rings. The highest BCUT2D eigenvalue weighted by Crippen LogP contribution is 2.63. The van der Waals surface area contributed by atoms with Crippen LogP contribution in [0.5, 0.6) is 0 Å². The summed E-state index contributed by atoms with van der Waals surface area (Å²) in [5, 5.41) is 5.15. The van der Waals surface area contributed by atoms with Crippen molar-refractivity contribution in [2.45, 2.75) is 38.4 Å². The SMILES string of the molecule is Cc1cc(C2=C(c3ccc(CS(N)(=O)=O)cc3)CC3(CC3)C2)ccc1Br. The molecule has 3 nitrogen and oxygen atoms in total. The smallest absolute Gasteiger partial charge is 0.213 e. The predicted octanol–water partition coefficient (Wildman–Crippen LogP) is 5.03. The van der Waals surface area contributed by atoms with Crippen LogP contribution in [0.15, 0.2) is 46.9 Å². The van der Waals surface area contributed by atoms with E-state index in [1.165, 1.54) is 40.7 Å². The summed E-state index contributed by atoms with van der Waals surface area (Å²) in [5.74, 6) is -0.116. The van der Waals surface area contributed by atoms with Gasteiger partial charge in [-0.15, -0.1) is 0 Å².